The summed E-state index contributed by atoms with van der Waals surface area (Å²) in [4.78, 5) is 1.70. The average Bonchev–Trinajstić information content (AvgIpc) is 2.33. The first kappa shape index (κ1) is 15.0. The Bertz CT molecular complexity index is 363. The molecule has 0 aromatic heterocycles. The molecule has 0 fully saturated rings. The monoisotopic (exact) mass is 260 g/mol. The first-order valence-electron chi connectivity index (χ1n) is 5.94. The Morgan fingerprint density at radius 2 is 1.72 bits per heavy atom. The number of hydrogen-bond acceptors (Lipinski definition) is 2. The van der Waals surface area contributed by atoms with Gasteiger partial charge in [-0.3, -0.25) is 0 Å². The molecule has 2 nitrogen and oxygen atoms in total. The summed E-state index contributed by atoms with van der Waals surface area (Å²) in [5, 5.41) is 0. The third-order valence-electron chi connectivity index (χ3n) is 2.88. The van der Waals surface area contributed by atoms with E-state index >= 15 is 0 Å². The lowest BCUT2D eigenvalue weighted by molar-refractivity contribution is -0.137. The molecular weight excluding hydrogens is 241 g/mol. The third-order valence-corrected chi connectivity index (χ3v) is 2.88. The van der Waals surface area contributed by atoms with Crippen molar-refractivity contribution in [2.24, 2.45) is 5.73 Å². The van der Waals surface area contributed by atoms with E-state index in [-0.39, 0.29) is 6.54 Å². The highest BCUT2D eigenvalue weighted by molar-refractivity contribution is 5.27. The molecule has 0 radical (unpaired) electrons. The molecule has 0 aliphatic rings. The lowest BCUT2D eigenvalue weighted by atomic mass is 10.0. The molecule has 0 saturated carbocycles. The van der Waals surface area contributed by atoms with Crippen LogP contribution in [-0.4, -0.2) is 31.2 Å². The molecule has 0 bridgehead atoms. The van der Waals surface area contributed by atoms with Gasteiger partial charge in [0.05, 0.1) is 6.42 Å². The number of benzene rings is 1. The molecule has 1 rings (SSSR count). The van der Waals surface area contributed by atoms with Gasteiger partial charge in [-0.25, -0.2) is 0 Å². The average molecular weight is 260 g/mol. The minimum absolute atomic E-state index is 0.0360. The molecule has 0 unspecified atom stereocenters. The molecule has 102 valence electrons. The number of rotatable bonds is 6. The van der Waals surface area contributed by atoms with Crippen molar-refractivity contribution >= 4 is 0 Å². The fraction of sp³-hybridized carbons (Fsp3) is 0.538. The second-order valence-electron chi connectivity index (χ2n) is 4.39. The number of likely N-dealkylation sites (N-methyl/N-ethyl adjacent to an activating group) is 1. The maximum atomic E-state index is 12.1. The van der Waals surface area contributed by atoms with Gasteiger partial charge in [0.15, 0.2) is 0 Å². The summed E-state index contributed by atoms with van der Waals surface area (Å²) in [6.45, 7) is 1.10. The smallest absolute Gasteiger partial charge is 0.326 e. The van der Waals surface area contributed by atoms with Crippen molar-refractivity contribution in [2.45, 2.75) is 25.6 Å². The van der Waals surface area contributed by atoms with Crippen molar-refractivity contribution in [1.82, 2.24) is 4.90 Å². The summed E-state index contributed by atoms with van der Waals surface area (Å²) < 4.78 is 36.2. The van der Waals surface area contributed by atoms with E-state index in [1.54, 1.807) is 11.9 Å². The van der Waals surface area contributed by atoms with Gasteiger partial charge in [0.25, 0.3) is 0 Å². The van der Waals surface area contributed by atoms with E-state index in [1.165, 1.54) is 0 Å². The molecule has 2 N–H and O–H groups in total. The summed E-state index contributed by atoms with van der Waals surface area (Å²) in [6, 6.07) is 7.76. The number of nitrogens with two attached hydrogens (primary N) is 1. The molecule has 0 aliphatic carbocycles. The number of nitrogens with zero attached hydrogens (tertiary/aromatic N) is 1. The second kappa shape index (κ2) is 6.75. The van der Waals surface area contributed by atoms with Gasteiger partial charge in [0.2, 0.25) is 0 Å². The maximum absolute atomic E-state index is 12.1. The van der Waals surface area contributed by atoms with Crippen LogP contribution in [-0.2, 0) is 13.0 Å². The van der Waals surface area contributed by atoms with Gasteiger partial charge >= 0.3 is 6.18 Å². The van der Waals surface area contributed by atoms with E-state index in [2.05, 4.69) is 0 Å². The topological polar surface area (TPSA) is 29.3 Å². The molecule has 0 heterocycles. The Morgan fingerprint density at radius 3 is 2.28 bits per heavy atom. The van der Waals surface area contributed by atoms with E-state index in [0.29, 0.717) is 13.1 Å². The zero-order valence-electron chi connectivity index (χ0n) is 10.5. The summed E-state index contributed by atoms with van der Waals surface area (Å²) >= 11 is 0. The molecule has 0 amide bonds. The molecular formula is C13H19F3N2. The Hall–Kier alpha value is -1.07. The van der Waals surface area contributed by atoms with Crippen LogP contribution in [0.1, 0.15) is 17.5 Å². The van der Waals surface area contributed by atoms with Gasteiger partial charge in [-0.05, 0) is 24.6 Å². The normalized spacial score (nSPS) is 12.1. The quantitative estimate of drug-likeness (QED) is 0.851. The summed E-state index contributed by atoms with van der Waals surface area (Å²) in [7, 11) is 1.71. The minimum atomic E-state index is -4.08. The minimum Gasteiger partial charge on any atom is -0.326 e. The number of halogens is 3. The Labute approximate surface area is 106 Å². The summed E-state index contributed by atoms with van der Waals surface area (Å²) in [5.41, 5.74) is 7.78. The van der Waals surface area contributed by atoms with Crippen molar-refractivity contribution in [3.63, 3.8) is 0 Å². The van der Waals surface area contributed by atoms with Crippen molar-refractivity contribution in [3.8, 4) is 0 Å². The van der Waals surface area contributed by atoms with Crippen molar-refractivity contribution in [1.29, 1.82) is 0 Å². The predicted molar refractivity (Wildman–Crippen MR) is 66.2 cm³/mol. The molecule has 18 heavy (non-hydrogen) atoms. The van der Waals surface area contributed by atoms with Crippen LogP contribution in [0.2, 0.25) is 0 Å². The lowest BCUT2D eigenvalue weighted by Crippen LogP contribution is -2.26. The molecule has 0 spiro atoms. The van der Waals surface area contributed by atoms with Crippen LogP contribution < -0.4 is 5.73 Å². The zero-order valence-corrected chi connectivity index (χ0v) is 10.5. The van der Waals surface area contributed by atoms with Crippen LogP contribution in [0.25, 0.3) is 0 Å². The van der Waals surface area contributed by atoms with Gasteiger partial charge in [0.1, 0.15) is 0 Å². The second-order valence-corrected chi connectivity index (χ2v) is 4.39. The third kappa shape index (κ3) is 5.51. The molecule has 1 aromatic carbocycles. The fourth-order valence-corrected chi connectivity index (χ4v) is 1.74. The van der Waals surface area contributed by atoms with Gasteiger partial charge in [-0.1, -0.05) is 24.3 Å². The highest BCUT2D eigenvalue weighted by Crippen LogP contribution is 2.19. The summed E-state index contributed by atoms with van der Waals surface area (Å²) in [5.74, 6) is 0. The fourth-order valence-electron chi connectivity index (χ4n) is 1.74. The highest BCUT2D eigenvalue weighted by atomic mass is 19.4. The van der Waals surface area contributed by atoms with Crippen molar-refractivity contribution < 1.29 is 13.2 Å². The molecule has 1 aromatic rings. The Morgan fingerprint density at radius 1 is 1.11 bits per heavy atom. The predicted octanol–water partition coefficient (Wildman–Crippen LogP) is 2.57. The van der Waals surface area contributed by atoms with E-state index in [1.807, 2.05) is 24.3 Å². The SMILES string of the molecule is CN(CCc1ccccc1CN)CCC(F)(F)F. The Balaban J connectivity index is 2.40. The van der Waals surface area contributed by atoms with Crippen molar-refractivity contribution in [2.75, 3.05) is 20.1 Å². The lowest BCUT2D eigenvalue weighted by Gasteiger charge is -2.18. The van der Waals surface area contributed by atoms with Crippen LogP contribution >= 0.6 is 0 Å². The van der Waals surface area contributed by atoms with Crippen LogP contribution in [0.3, 0.4) is 0 Å². The number of hydrogen-bond donors (Lipinski definition) is 1. The largest absolute Gasteiger partial charge is 0.390 e. The Kier molecular flexibility index (Phi) is 5.62. The highest BCUT2D eigenvalue weighted by Gasteiger charge is 2.26. The van der Waals surface area contributed by atoms with Gasteiger partial charge in [-0.15, -0.1) is 0 Å². The molecule has 5 heteroatoms. The zero-order chi connectivity index (χ0) is 13.6. The van der Waals surface area contributed by atoms with Gasteiger partial charge in [-0.2, -0.15) is 13.2 Å². The van der Waals surface area contributed by atoms with E-state index < -0.39 is 12.6 Å². The van der Waals surface area contributed by atoms with Crippen LogP contribution in [0.4, 0.5) is 13.2 Å². The van der Waals surface area contributed by atoms with Gasteiger partial charge < -0.3 is 10.6 Å². The number of alkyl halides is 3. The first-order valence-corrected chi connectivity index (χ1v) is 5.94. The molecule has 0 aliphatic heterocycles. The van der Waals surface area contributed by atoms with Crippen molar-refractivity contribution in [3.05, 3.63) is 35.4 Å². The van der Waals surface area contributed by atoms with E-state index in [4.69, 9.17) is 5.73 Å². The van der Waals surface area contributed by atoms with E-state index in [9.17, 15) is 13.2 Å². The maximum Gasteiger partial charge on any atom is 0.390 e. The van der Waals surface area contributed by atoms with Crippen LogP contribution in [0.5, 0.6) is 0 Å². The van der Waals surface area contributed by atoms with Gasteiger partial charge in [0, 0.05) is 19.6 Å². The van der Waals surface area contributed by atoms with E-state index in [0.717, 1.165) is 17.5 Å². The van der Waals surface area contributed by atoms with Crippen LogP contribution in [0.15, 0.2) is 24.3 Å². The first-order chi connectivity index (χ1) is 8.42. The summed E-state index contributed by atoms with van der Waals surface area (Å²) in [6.07, 6.45) is -4.12. The van der Waals surface area contributed by atoms with Crippen LogP contribution in [0, 0.1) is 0 Å². The standard InChI is InChI=1S/C13H19F3N2/c1-18(9-7-13(14,15)16)8-6-11-4-2-3-5-12(11)10-17/h2-5H,6-10,17H2,1H3. The molecule has 0 atom stereocenters. The molecule has 0 saturated heterocycles.